The number of ether oxygens (including phenoxy) is 2. The van der Waals surface area contributed by atoms with Gasteiger partial charge in [-0.1, -0.05) is 12.1 Å². The molecule has 0 fully saturated rings. The monoisotopic (exact) mass is 362 g/mol. The van der Waals surface area contributed by atoms with Crippen LogP contribution in [0.5, 0.6) is 0 Å². The molecule has 1 aromatic rings. The second-order valence-electron chi connectivity index (χ2n) is 4.46. The smallest absolute Gasteiger partial charge is 0.405 e. The van der Waals surface area contributed by atoms with Gasteiger partial charge in [0.2, 0.25) is 0 Å². The van der Waals surface area contributed by atoms with Gasteiger partial charge in [-0.3, -0.25) is 10.1 Å². The number of amides is 3. The van der Waals surface area contributed by atoms with Crippen LogP contribution in [0.4, 0.5) is 18.0 Å². The van der Waals surface area contributed by atoms with E-state index >= 15 is 0 Å². The van der Waals surface area contributed by atoms with Crippen LogP contribution < -0.4 is 10.6 Å². The van der Waals surface area contributed by atoms with E-state index in [1.165, 1.54) is 29.6 Å². The molecule has 1 aromatic carbocycles. The van der Waals surface area contributed by atoms with Gasteiger partial charge in [-0.05, 0) is 12.1 Å². The first-order valence-electron chi connectivity index (χ1n) is 6.63. The van der Waals surface area contributed by atoms with E-state index in [1.54, 1.807) is 5.32 Å². The topological polar surface area (TPSA) is 111 Å². The number of imide groups is 1. The van der Waals surface area contributed by atoms with Gasteiger partial charge in [-0.25, -0.2) is 14.4 Å². The minimum Gasteiger partial charge on any atom is -0.465 e. The van der Waals surface area contributed by atoms with E-state index in [2.05, 4.69) is 9.47 Å². The summed E-state index contributed by atoms with van der Waals surface area (Å²) >= 11 is 0. The summed E-state index contributed by atoms with van der Waals surface area (Å²) in [5.74, 6) is -3.00. The molecule has 0 radical (unpaired) electrons. The molecule has 0 atom stereocenters. The lowest BCUT2D eigenvalue weighted by Crippen LogP contribution is -2.44. The molecule has 8 nitrogen and oxygen atoms in total. The van der Waals surface area contributed by atoms with Crippen molar-refractivity contribution in [2.45, 2.75) is 6.18 Å². The second-order valence-corrected chi connectivity index (χ2v) is 4.46. The summed E-state index contributed by atoms with van der Waals surface area (Å²) in [7, 11) is 1.11. The standard InChI is InChI=1S/C14H13F3N2O6/c1-24-11(21)8-4-2-3-5-9(8)12(22)25-6-10(20)19-13(23)18-7-14(15,16)17/h2-5H,6-7H2,1H3,(H2,18,19,20,23). The predicted octanol–water partition coefficient (Wildman–Crippen LogP) is 1.02. The molecule has 136 valence electrons. The van der Waals surface area contributed by atoms with Gasteiger partial charge < -0.3 is 14.8 Å². The lowest BCUT2D eigenvalue weighted by molar-refractivity contribution is -0.125. The summed E-state index contributed by atoms with van der Waals surface area (Å²) in [6, 6.07) is 4.07. The molecule has 0 heterocycles. The average Bonchev–Trinajstić information content (AvgIpc) is 2.56. The fourth-order valence-electron chi connectivity index (χ4n) is 1.55. The van der Waals surface area contributed by atoms with Crippen LogP contribution in [0.25, 0.3) is 0 Å². The number of rotatable bonds is 5. The zero-order valence-corrected chi connectivity index (χ0v) is 12.8. The lowest BCUT2D eigenvalue weighted by atomic mass is 10.1. The maximum Gasteiger partial charge on any atom is 0.405 e. The third kappa shape index (κ3) is 6.89. The van der Waals surface area contributed by atoms with Gasteiger partial charge in [0.05, 0.1) is 18.2 Å². The van der Waals surface area contributed by atoms with Crippen molar-refractivity contribution in [3.63, 3.8) is 0 Å². The molecule has 3 amide bonds. The van der Waals surface area contributed by atoms with Gasteiger partial charge >= 0.3 is 24.1 Å². The first-order chi connectivity index (χ1) is 11.6. The normalized spacial score (nSPS) is 10.6. The number of alkyl halides is 3. The van der Waals surface area contributed by atoms with E-state index in [4.69, 9.17) is 0 Å². The third-order valence-corrected chi connectivity index (χ3v) is 2.59. The fourth-order valence-corrected chi connectivity index (χ4v) is 1.55. The van der Waals surface area contributed by atoms with Crippen LogP contribution in [-0.4, -0.2) is 50.3 Å². The lowest BCUT2D eigenvalue weighted by Gasteiger charge is -2.10. The van der Waals surface area contributed by atoms with Crippen LogP contribution >= 0.6 is 0 Å². The molecular weight excluding hydrogens is 349 g/mol. The zero-order valence-electron chi connectivity index (χ0n) is 12.8. The van der Waals surface area contributed by atoms with Gasteiger partial charge in [0, 0.05) is 0 Å². The Kier molecular flexibility index (Phi) is 6.91. The first-order valence-corrected chi connectivity index (χ1v) is 6.63. The number of urea groups is 1. The highest BCUT2D eigenvalue weighted by Crippen LogP contribution is 2.12. The number of carbonyl (C=O) groups is 4. The molecule has 0 bridgehead atoms. The molecule has 1 rings (SSSR count). The first kappa shape index (κ1) is 19.9. The van der Waals surface area contributed by atoms with Crippen LogP contribution in [0.15, 0.2) is 24.3 Å². The molecule has 0 aliphatic heterocycles. The molecule has 0 aromatic heterocycles. The van der Waals surface area contributed by atoms with Crippen molar-refractivity contribution < 1.29 is 41.8 Å². The highest BCUT2D eigenvalue weighted by Gasteiger charge is 2.28. The molecule has 25 heavy (non-hydrogen) atoms. The Morgan fingerprint density at radius 3 is 2.12 bits per heavy atom. The van der Waals surface area contributed by atoms with E-state index in [-0.39, 0.29) is 11.1 Å². The number of hydrogen-bond acceptors (Lipinski definition) is 6. The summed E-state index contributed by atoms with van der Waals surface area (Å²) in [6.07, 6.45) is -4.63. The molecular formula is C14H13F3N2O6. The average molecular weight is 362 g/mol. The molecule has 11 heteroatoms. The molecule has 0 spiro atoms. The van der Waals surface area contributed by atoms with Crippen LogP contribution in [0, 0.1) is 0 Å². The van der Waals surface area contributed by atoms with Crippen molar-refractivity contribution in [3.8, 4) is 0 Å². The summed E-state index contributed by atoms with van der Waals surface area (Å²) in [4.78, 5) is 45.8. The quantitative estimate of drug-likeness (QED) is 0.757. The van der Waals surface area contributed by atoms with Crippen LogP contribution in [-0.2, 0) is 14.3 Å². The number of carbonyl (C=O) groups excluding carboxylic acids is 4. The Labute approximate surface area is 139 Å². The Morgan fingerprint density at radius 2 is 1.60 bits per heavy atom. The SMILES string of the molecule is COC(=O)c1ccccc1C(=O)OCC(=O)NC(=O)NCC(F)(F)F. The van der Waals surface area contributed by atoms with Gasteiger partial charge in [-0.15, -0.1) is 0 Å². The van der Waals surface area contributed by atoms with Crippen molar-refractivity contribution >= 4 is 23.9 Å². The van der Waals surface area contributed by atoms with E-state index in [1.807, 2.05) is 0 Å². The Morgan fingerprint density at radius 1 is 1.04 bits per heavy atom. The molecule has 0 saturated carbocycles. The maximum absolute atomic E-state index is 11.9. The molecule has 0 saturated heterocycles. The number of hydrogen-bond donors (Lipinski definition) is 2. The largest absolute Gasteiger partial charge is 0.465 e. The third-order valence-electron chi connectivity index (χ3n) is 2.59. The maximum atomic E-state index is 11.9. The second kappa shape index (κ2) is 8.66. The van der Waals surface area contributed by atoms with E-state index in [0.29, 0.717) is 0 Å². The van der Waals surface area contributed by atoms with Crippen LogP contribution in [0.2, 0.25) is 0 Å². The highest BCUT2D eigenvalue weighted by atomic mass is 19.4. The Hall–Kier alpha value is -3.11. The highest BCUT2D eigenvalue weighted by molar-refractivity contribution is 6.04. The van der Waals surface area contributed by atoms with Crippen molar-refractivity contribution in [1.29, 1.82) is 0 Å². The minimum absolute atomic E-state index is 0.0988. The summed E-state index contributed by atoms with van der Waals surface area (Å²) in [5, 5.41) is 2.96. The van der Waals surface area contributed by atoms with E-state index < -0.39 is 43.2 Å². The van der Waals surface area contributed by atoms with Gasteiger partial charge in [-0.2, -0.15) is 13.2 Å². The van der Waals surface area contributed by atoms with Gasteiger partial charge in [0.15, 0.2) is 6.61 Å². The van der Waals surface area contributed by atoms with E-state index in [0.717, 1.165) is 7.11 Å². The van der Waals surface area contributed by atoms with Crippen molar-refractivity contribution in [2.75, 3.05) is 20.3 Å². The number of halogens is 3. The summed E-state index contributed by atoms with van der Waals surface area (Å²) in [6.45, 7) is -2.56. The fraction of sp³-hybridized carbons (Fsp3) is 0.286. The molecule has 0 unspecified atom stereocenters. The van der Waals surface area contributed by atoms with Crippen molar-refractivity contribution in [3.05, 3.63) is 35.4 Å². The van der Waals surface area contributed by atoms with Gasteiger partial charge in [0.25, 0.3) is 5.91 Å². The molecule has 2 N–H and O–H groups in total. The number of nitrogens with one attached hydrogen (secondary N) is 2. The van der Waals surface area contributed by atoms with Crippen LogP contribution in [0.3, 0.4) is 0 Å². The Bertz CT molecular complexity index is 675. The zero-order chi connectivity index (χ0) is 19.0. The summed E-state index contributed by atoms with van der Waals surface area (Å²) < 4.78 is 44.8. The molecule has 0 aliphatic carbocycles. The van der Waals surface area contributed by atoms with Gasteiger partial charge in [0.1, 0.15) is 6.54 Å². The minimum atomic E-state index is -4.63. The van der Waals surface area contributed by atoms with Crippen molar-refractivity contribution in [2.24, 2.45) is 0 Å². The number of methoxy groups -OCH3 is 1. The van der Waals surface area contributed by atoms with Crippen LogP contribution in [0.1, 0.15) is 20.7 Å². The predicted molar refractivity (Wildman–Crippen MR) is 75.7 cm³/mol. The number of esters is 2. The van der Waals surface area contributed by atoms with Crippen molar-refractivity contribution in [1.82, 2.24) is 10.6 Å². The molecule has 0 aliphatic rings. The number of benzene rings is 1. The van der Waals surface area contributed by atoms with E-state index in [9.17, 15) is 32.3 Å². The Balaban J connectivity index is 2.56. The summed E-state index contributed by atoms with van der Waals surface area (Å²) in [5.41, 5.74) is -0.276.